The fourth-order valence-corrected chi connectivity index (χ4v) is 8.64. The zero-order chi connectivity index (χ0) is 42.8. The number of anilines is 1. The maximum absolute atomic E-state index is 14.3. The number of benzene rings is 2. The van der Waals surface area contributed by atoms with Crippen LogP contribution in [0, 0.1) is 18.7 Å². The summed E-state index contributed by atoms with van der Waals surface area (Å²) < 4.78 is 14.1. The molecule has 59 heavy (non-hydrogen) atoms. The Morgan fingerprint density at radius 1 is 0.949 bits per heavy atom. The minimum absolute atomic E-state index is 0.000297. The second kappa shape index (κ2) is 18.0. The van der Waals surface area contributed by atoms with Gasteiger partial charge in [0.15, 0.2) is 5.78 Å². The van der Waals surface area contributed by atoms with E-state index in [0.717, 1.165) is 11.6 Å². The summed E-state index contributed by atoms with van der Waals surface area (Å²) in [4.78, 5) is 101. The first kappa shape index (κ1) is 43.4. The summed E-state index contributed by atoms with van der Waals surface area (Å²) in [5, 5.41) is 20.7. The molecule has 318 valence electrons. The lowest BCUT2D eigenvalue weighted by atomic mass is 10.0. The molecule has 1 saturated carbocycles. The predicted octanol–water partition coefficient (Wildman–Crippen LogP) is 1.22. The van der Waals surface area contributed by atoms with Crippen molar-refractivity contribution in [3.8, 4) is 0 Å². The average molecular weight is 839 g/mol. The zero-order valence-corrected chi connectivity index (χ0v) is 34.4. The highest BCUT2D eigenvalue weighted by Crippen LogP contribution is 2.48. The number of ketones is 1. The van der Waals surface area contributed by atoms with Crippen LogP contribution in [0.5, 0.6) is 0 Å². The minimum atomic E-state index is -1.49. The molecule has 3 saturated heterocycles. The summed E-state index contributed by atoms with van der Waals surface area (Å²) in [7, 11) is 1.81. The molecular weight excluding hydrogens is 787 g/mol. The number of urea groups is 1. The Morgan fingerprint density at radius 2 is 1.69 bits per heavy atom. The van der Waals surface area contributed by atoms with E-state index in [-0.39, 0.29) is 60.8 Å². The van der Waals surface area contributed by atoms with Crippen LogP contribution in [0.25, 0.3) is 0 Å². The quantitative estimate of drug-likeness (QED) is 0.209. The van der Waals surface area contributed by atoms with Crippen LogP contribution >= 0.6 is 11.6 Å². The summed E-state index contributed by atoms with van der Waals surface area (Å²) in [5.74, 6) is -3.46. The number of Topliss-reactive ketones (excluding diaryl/α,β-unsaturated/α-hetero) is 1. The van der Waals surface area contributed by atoms with Crippen LogP contribution in [0.3, 0.4) is 0 Å². The standard InChI is InChI=1S/C41H52ClFN8O8/c1-23-7-5-8-26(15-23)16-30(47-40(59)45-27-10-11-28(42)29(43)17-27)35(54)46-31(22-52)38(57)49-12-6-9-32(49)39(58)50-14-13-48(4)21-33(50)36(55)44-25(3)37(56)51-20-24(2)18-41(51)19-34(41)53/h5,7-8,10-11,15,17,24-25,30-33,52H,6,9,12-14,16,18-22H2,1-4H3,(H,44,55)(H,46,54)(H2,45,47,59)/t24-,25+,30+,31+,32+,33+,41+/m1/s1. The van der Waals surface area contributed by atoms with Crippen LogP contribution in [-0.2, 0) is 35.2 Å². The summed E-state index contributed by atoms with van der Waals surface area (Å²) in [6, 6.07) is 4.41. The number of carbonyl (C=O) groups is 7. The molecule has 3 aliphatic heterocycles. The van der Waals surface area contributed by atoms with Crippen molar-refractivity contribution in [1.82, 2.24) is 35.6 Å². The molecule has 5 N–H and O–H groups in total. The van der Waals surface area contributed by atoms with Crippen molar-refractivity contribution in [3.05, 3.63) is 64.4 Å². The van der Waals surface area contributed by atoms with Crippen LogP contribution in [-0.4, -0.2) is 148 Å². The maximum atomic E-state index is 14.3. The SMILES string of the molecule is Cc1cccc(C[C@H](NC(=O)Nc2ccc(Cl)c(F)c2)C(=O)N[C@@H](CO)C(=O)N2CCC[C@H]2C(=O)N2CCN(C)C[C@H]2C(=O)N[C@@H](C)C(=O)N2C[C@H](C)C[C@@]23CC3=O)c1. The van der Waals surface area contributed by atoms with Crippen molar-refractivity contribution < 1.29 is 43.1 Å². The number of nitrogens with one attached hydrogen (secondary N) is 4. The van der Waals surface area contributed by atoms with E-state index in [1.807, 2.05) is 37.9 Å². The number of aliphatic hydroxyl groups excluding tert-OH is 1. The van der Waals surface area contributed by atoms with E-state index in [2.05, 4.69) is 21.3 Å². The maximum Gasteiger partial charge on any atom is 0.319 e. The minimum Gasteiger partial charge on any atom is -0.394 e. The Balaban J connectivity index is 1.12. The van der Waals surface area contributed by atoms with Gasteiger partial charge >= 0.3 is 6.03 Å². The molecule has 1 aliphatic carbocycles. The van der Waals surface area contributed by atoms with Gasteiger partial charge < -0.3 is 46.0 Å². The zero-order valence-electron chi connectivity index (χ0n) is 33.6. The summed E-state index contributed by atoms with van der Waals surface area (Å²) in [6.45, 7) is 5.97. The number of likely N-dealkylation sites (N-methyl/N-ethyl adjacent to an activating group) is 1. The lowest BCUT2D eigenvalue weighted by molar-refractivity contribution is -0.152. The monoisotopic (exact) mass is 838 g/mol. The van der Waals surface area contributed by atoms with Crippen molar-refractivity contribution in [1.29, 1.82) is 0 Å². The van der Waals surface area contributed by atoms with Crippen molar-refractivity contribution >= 4 is 58.6 Å². The van der Waals surface area contributed by atoms with Crippen molar-refractivity contribution in [2.45, 2.75) is 88.6 Å². The number of aryl methyl sites for hydroxylation is 1. The lowest BCUT2D eigenvalue weighted by Crippen LogP contribution is -2.65. The number of carbonyl (C=O) groups excluding carboxylic acids is 7. The first-order chi connectivity index (χ1) is 28.0. The average Bonchev–Trinajstić information content (AvgIpc) is 3.46. The Bertz CT molecular complexity index is 2010. The number of halogens is 2. The number of rotatable bonds is 12. The fourth-order valence-electron chi connectivity index (χ4n) is 8.52. The molecule has 4 fully saturated rings. The van der Waals surface area contributed by atoms with Crippen LogP contribution < -0.4 is 21.3 Å². The van der Waals surface area contributed by atoms with Crippen LogP contribution in [0.2, 0.25) is 5.02 Å². The van der Waals surface area contributed by atoms with Crippen LogP contribution in [0.4, 0.5) is 14.9 Å². The summed E-state index contributed by atoms with van der Waals surface area (Å²) in [5.41, 5.74) is 0.896. The largest absolute Gasteiger partial charge is 0.394 e. The van der Waals surface area contributed by atoms with Gasteiger partial charge in [0.05, 0.1) is 11.6 Å². The third kappa shape index (κ3) is 9.68. The second-order valence-corrected chi connectivity index (χ2v) is 16.7. The van der Waals surface area contributed by atoms with Gasteiger partial charge in [-0.1, -0.05) is 48.4 Å². The number of piperazine rings is 1. The Labute approximate surface area is 347 Å². The molecule has 7 atom stereocenters. The fraction of sp³-hybridized carbons (Fsp3) is 0.537. The molecule has 7 amide bonds. The molecule has 0 aromatic heterocycles. The van der Waals surface area contributed by atoms with Crippen molar-refractivity contribution in [2.75, 3.05) is 51.7 Å². The first-order valence-electron chi connectivity index (χ1n) is 19.9. The van der Waals surface area contributed by atoms with E-state index in [1.165, 1.54) is 21.9 Å². The van der Waals surface area contributed by atoms with E-state index in [9.17, 15) is 43.1 Å². The molecule has 0 radical (unpaired) electrons. The molecule has 18 heteroatoms. The number of nitrogens with zero attached hydrogens (tertiary/aromatic N) is 4. The second-order valence-electron chi connectivity index (χ2n) is 16.3. The molecule has 0 unspecified atom stereocenters. The number of hydrogen-bond donors (Lipinski definition) is 5. The summed E-state index contributed by atoms with van der Waals surface area (Å²) in [6.07, 6.45) is 1.63. The Hall–Kier alpha value is -5.13. The molecule has 0 bridgehead atoms. The van der Waals surface area contributed by atoms with Gasteiger partial charge in [0.25, 0.3) is 0 Å². The van der Waals surface area contributed by atoms with E-state index in [4.69, 9.17) is 11.6 Å². The highest BCUT2D eigenvalue weighted by atomic mass is 35.5. The van der Waals surface area contributed by atoms with Gasteiger partial charge in [-0.05, 0) is 69.8 Å². The molecule has 6 rings (SSSR count). The van der Waals surface area contributed by atoms with E-state index in [1.54, 1.807) is 24.0 Å². The van der Waals surface area contributed by atoms with Gasteiger partial charge in [-0.25, -0.2) is 9.18 Å². The lowest BCUT2D eigenvalue weighted by Gasteiger charge is -2.41. The van der Waals surface area contributed by atoms with E-state index >= 15 is 0 Å². The molecule has 2 aromatic carbocycles. The molecule has 1 spiro atoms. The van der Waals surface area contributed by atoms with Crippen molar-refractivity contribution in [2.24, 2.45) is 5.92 Å². The number of hydrogen-bond acceptors (Lipinski definition) is 9. The van der Waals surface area contributed by atoms with Gasteiger partial charge in [-0.3, -0.25) is 28.8 Å². The van der Waals surface area contributed by atoms with Crippen molar-refractivity contribution in [3.63, 3.8) is 0 Å². The van der Waals surface area contributed by atoms with Gasteiger partial charge in [-0.15, -0.1) is 0 Å². The smallest absolute Gasteiger partial charge is 0.319 e. The topological polar surface area (TPSA) is 201 Å². The Kier molecular flexibility index (Phi) is 13.3. The Morgan fingerprint density at radius 3 is 2.37 bits per heavy atom. The first-order valence-corrected chi connectivity index (χ1v) is 20.3. The van der Waals surface area contributed by atoms with Crippen LogP contribution in [0.1, 0.15) is 50.7 Å². The van der Waals surface area contributed by atoms with E-state index < -0.39 is 77.8 Å². The highest BCUT2D eigenvalue weighted by Gasteiger charge is 2.63. The van der Waals surface area contributed by atoms with Gasteiger partial charge in [-0.2, -0.15) is 0 Å². The molecule has 3 heterocycles. The van der Waals surface area contributed by atoms with Gasteiger partial charge in [0.1, 0.15) is 41.6 Å². The molecule has 4 aliphatic rings. The number of amides is 7. The summed E-state index contributed by atoms with van der Waals surface area (Å²) >= 11 is 5.76. The van der Waals surface area contributed by atoms with E-state index in [0.29, 0.717) is 37.9 Å². The predicted molar refractivity (Wildman–Crippen MR) is 214 cm³/mol. The highest BCUT2D eigenvalue weighted by molar-refractivity contribution is 6.30. The normalized spacial score (nSPS) is 24.4. The number of likely N-dealkylation sites (tertiary alicyclic amines) is 2. The molecule has 16 nitrogen and oxygen atoms in total. The van der Waals surface area contributed by atoms with Gasteiger partial charge in [0.2, 0.25) is 29.5 Å². The van der Waals surface area contributed by atoms with Gasteiger partial charge in [0, 0.05) is 51.3 Å². The third-order valence-corrected chi connectivity index (χ3v) is 12.0. The molecule has 2 aromatic rings. The number of aliphatic hydroxyl groups is 1. The molecular formula is C41H52ClFN8O8. The van der Waals surface area contributed by atoms with Crippen LogP contribution in [0.15, 0.2) is 42.5 Å². The third-order valence-electron chi connectivity index (χ3n) is 11.6.